The first-order valence-corrected chi connectivity index (χ1v) is 14.6. The van der Waals surface area contributed by atoms with Gasteiger partial charge in [0, 0.05) is 32.4 Å². The van der Waals surface area contributed by atoms with E-state index in [1.165, 1.54) is 69.8 Å². The van der Waals surface area contributed by atoms with Crippen molar-refractivity contribution in [2.45, 2.75) is 0 Å². The van der Waals surface area contributed by atoms with Crippen LogP contribution in [0.15, 0.2) is 140 Å². The van der Waals surface area contributed by atoms with Gasteiger partial charge in [0.1, 0.15) is 5.00 Å². The molecule has 0 aliphatic carbocycles. The van der Waals surface area contributed by atoms with Gasteiger partial charge in [0.25, 0.3) is 0 Å². The number of pyridine rings is 1. The first kappa shape index (κ1) is 22.6. The van der Waals surface area contributed by atoms with E-state index in [0.29, 0.717) is 0 Å². The van der Waals surface area contributed by atoms with Crippen molar-refractivity contribution < 1.29 is 0 Å². The molecule has 192 valence electrons. The van der Waals surface area contributed by atoms with Gasteiger partial charge in [0.15, 0.2) is 0 Å². The summed E-state index contributed by atoms with van der Waals surface area (Å²) in [5.74, 6) is 0. The number of para-hydroxylation sites is 2. The number of fused-ring (bicyclic) bond motifs is 7. The van der Waals surface area contributed by atoms with Gasteiger partial charge in [-0.25, -0.2) is 0 Å². The molecular formula is C37H23N3S. The smallest absolute Gasteiger partial charge is 0.101 e. The minimum atomic E-state index is 1.07. The number of hydrogen-bond donors (Lipinski definition) is 0. The van der Waals surface area contributed by atoms with E-state index in [9.17, 15) is 0 Å². The highest BCUT2D eigenvalue weighted by molar-refractivity contribution is 7.21. The van der Waals surface area contributed by atoms with Crippen molar-refractivity contribution in [2.75, 3.05) is 0 Å². The van der Waals surface area contributed by atoms with Crippen LogP contribution in [-0.2, 0) is 0 Å². The Morgan fingerprint density at radius 1 is 0.488 bits per heavy atom. The Hall–Kier alpha value is -5.19. The highest BCUT2D eigenvalue weighted by atomic mass is 32.1. The van der Waals surface area contributed by atoms with E-state index in [1.807, 2.05) is 29.8 Å². The van der Waals surface area contributed by atoms with Gasteiger partial charge in [-0.05, 0) is 77.2 Å². The third kappa shape index (κ3) is 3.35. The van der Waals surface area contributed by atoms with Crippen LogP contribution in [0, 0.1) is 0 Å². The molecule has 4 aromatic heterocycles. The maximum absolute atomic E-state index is 4.39. The van der Waals surface area contributed by atoms with Crippen molar-refractivity contribution in [1.29, 1.82) is 0 Å². The number of rotatable bonds is 3. The Labute approximate surface area is 240 Å². The summed E-state index contributed by atoms with van der Waals surface area (Å²) in [6.45, 7) is 0. The van der Waals surface area contributed by atoms with E-state index >= 15 is 0 Å². The maximum atomic E-state index is 4.39. The van der Waals surface area contributed by atoms with Gasteiger partial charge in [0.05, 0.1) is 34.0 Å². The summed E-state index contributed by atoms with van der Waals surface area (Å²) >= 11 is 1.84. The molecule has 0 radical (unpaired) electrons. The maximum Gasteiger partial charge on any atom is 0.101 e. The van der Waals surface area contributed by atoms with E-state index in [2.05, 4.69) is 135 Å². The lowest BCUT2D eigenvalue weighted by Gasteiger charge is -2.08. The van der Waals surface area contributed by atoms with Crippen LogP contribution in [0.2, 0.25) is 0 Å². The summed E-state index contributed by atoms with van der Waals surface area (Å²) < 4.78 is 6.04. The SMILES string of the molecule is c1cncc(-n2c3ccccc3c3cc(-c4ccc5c(c4)c4ccccc4n5-c4cc5ccccc5s4)ccc32)c1. The fourth-order valence-electron chi connectivity index (χ4n) is 6.38. The molecule has 0 saturated heterocycles. The quantitative estimate of drug-likeness (QED) is 0.218. The topological polar surface area (TPSA) is 22.8 Å². The first-order chi connectivity index (χ1) is 20.3. The Kier molecular flexibility index (Phi) is 4.77. The summed E-state index contributed by atoms with van der Waals surface area (Å²) in [7, 11) is 0. The zero-order valence-electron chi connectivity index (χ0n) is 22.0. The van der Waals surface area contributed by atoms with Gasteiger partial charge in [-0.1, -0.05) is 66.7 Å². The van der Waals surface area contributed by atoms with E-state index < -0.39 is 0 Å². The average molecular weight is 542 g/mol. The number of hydrogen-bond acceptors (Lipinski definition) is 2. The average Bonchev–Trinajstić information content (AvgIpc) is 3.70. The molecule has 0 fully saturated rings. The number of benzene rings is 5. The lowest BCUT2D eigenvalue weighted by Crippen LogP contribution is -1.93. The van der Waals surface area contributed by atoms with E-state index in [4.69, 9.17) is 0 Å². The number of nitrogens with zero attached hydrogens (tertiary/aromatic N) is 3. The molecule has 0 atom stereocenters. The van der Waals surface area contributed by atoms with Gasteiger partial charge in [0.2, 0.25) is 0 Å². The molecule has 41 heavy (non-hydrogen) atoms. The lowest BCUT2D eigenvalue weighted by atomic mass is 10.0. The summed E-state index contributed by atoms with van der Waals surface area (Å²) in [4.78, 5) is 4.39. The van der Waals surface area contributed by atoms with Gasteiger partial charge >= 0.3 is 0 Å². The molecule has 0 aliphatic heterocycles. The van der Waals surface area contributed by atoms with Crippen LogP contribution in [0.4, 0.5) is 0 Å². The molecule has 4 heteroatoms. The number of aromatic nitrogens is 3. The summed E-state index contributed by atoms with van der Waals surface area (Å²) in [6, 6.07) is 46.2. The molecule has 0 N–H and O–H groups in total. The first-order valence-electron chi connectivity index (χ1n) is 13.8. The molecule has 3 nitrogen and oxygen atoms in total. The van der Waals surface area contributed by atoms with Crippen molar-refractivity contribution in [1.82, 2.24) is 14.1 Å². The Balaban J connectivity index is 1.26. The van der Waals surface area contributed by atoms with Crippen LogP contribution in [-0.4, -0.2) is 14.1 Å². The van der Waals surface area contributed by atoms with Crippen molar-refractivity contribution in [3.05, 3.63) is 140 Å². The molecule has 0 spiro atoms. The number of thiophene rings is 1. The molecule has 9 rings (SSSR count). The molecule has 0 aliphatic rings. The molecular weight excluding hydrogens is 518 g/mol. The van der Waals surface area contributed by atoms with Crippen LogP contribution in [0.3, 0.4) is 0 Å². The normalized spacial score (nSPS) is 11.9. The Bertz CT molecular complexity index is 2390. The molecule has 9 aromatic rings. The van der Waals surface area contributed by atoms with Gasteiger partial charge in [-0.3, -0.25) is 4.98 Å². The molecule has 0 unspecified atom stereocenters. The third-order valence-electron chi connectivity index (χ3n) is 8.22. The summed E-state index contributed by atoms with van der Waals surface area (Å²) in [5, 5.41) is 7.57. The molecule has 0 amide bonds. The predicted molar refractivity (Wildman–Crippen MR) is 174 cm³/mol. The van der Waals surface area contributed by atoms with Crippen LogP contribution >= 0.6 is 11.3 Å². The van der Waals surface area contributed by atoms with Crippen molar-refractivity contribution in [2.24, 2.45) is 0 Å². The molecule has 0 saturated carbocycles. The predicted octanol–water partition coefficient (Wildman–Crippen LogP) is 10.2. The van der Waals surface area contributed by atoms with E-state index in [0.717, 1.165) is 5.69 Å². The largest absolute Gasteiger partial charge is 0.308 e. The molecule has 4 heterocycles. The van der Waals surface area contributed by atoms with Gasteiger partial charge in [-0.15, -0.1) is 11.3 Å². The minimum Gasteiger partial charge on any atom is -0.308 e. The minimum absolute atomic E-state index is 1.07. The Morgan fingerprint density at radius 3 is 1.78 bits per heavy atom. The second-order valence-corrected chi connectivity index (χ2v) is 11.6. The van der Waals surface area contributed by atoms with Crippen LogP contribution < -0.4 is 0 Å². The Morgan fingerprint density at radius 2 is 1.10 bits per heavy atom. The van der Waals surface area contributed by atoms with E-state index in [-0.39, 0.29) is 0 Å². The molecule has 0 bridgehead atoms. The highest BCUT2D eigenvalue weighted by Crippen LogP contribution is 2.39. The summed E-state index contributed by atoms with van der Waals surface area (Å²) in [5.41, 5.74) is 8.35. The van der Waals surface area contributed by atoms with E-state index in [1.54, 1.807) is 0 Å². The van der Waals surface area contributed by atoms with Gasteiger partial charge < -0.3 is 9.13 Å². The van der Waals surface area contributed by atoms with Crippen molar-refractivity contribution in [3.8, 4) is 21.8 Å². The standard InChI is InChI=1S/C37H23N3S/c1-6-14-36-26(8-1)22-37(41-36)40-33-13-5-3-11-29(33)31-21-25(16-18-35(31)40)24-15-17-34-30(20-24)28-10-2-4-12-32(28)39(34)27-9-7-19-38-23-27/h1-23H. The lowest BCUT2D eigenvalue weighted by molar-refractivity contribution is 1.14. The second kappa shape index (κ2) is 8.65. The fourth-order valence-corrected chi connectivity index (χ4v) is 7.48. The van der Waals surface area contributed by atoms with Crippen LogP contribution in [0.25, 0.3) is 75.5 Å². The third-order valence-corrected chi connectivity index (χ3v) is 9.32. The van der Waals surface area contributed by atoms with Gasteiger partial charge in [-0.2, -0.15) is 0 Å². The fraction of sp³-hybridized carbons (Fsp3) is 0. The second-order valence-electron chi connectivity index (χ2n) is 10.5. The zero-order chi connectivity index (χ0) is 26.9. The van der Waals surface area contributed by atoms with Crippen molar-refractivity contribution >= 4 is 65.0 Å². The van der Waals surface area contributed by atoms with Crippen LogP contribution in [0.1, 0.15) is 0 Å². The summed E-state index contributed by atoms with van der Waals surface area (Å²) in [6.07, 6.45) is 3.75. The monoisotopic (exact) mass is 541 g/mol. The highest BCUT2D eigenvalue weighted by Gasteiger charge is 2.16. The van der Waals surface area contributed by atoms with Crippen LogP contribution in [0.5, 0.6) is 0 Å². The van der Waals surface area contributed by atoms with Crippen molar-refractivity contribution in [3.63, 3.8) is 0 Å². The zero-order valence-corrected chi connectivity index (χ0v) is 22.8. The molecule has 5 aromatic carbocycles.